The monoisotopic (exact) mass is 379 g/mol. The van der Waals surface area contributed by atoms with Gasteiger partial charge in [-0.3, -0.25) is 0 Å². The average Bonchev–Trinajstić information content (AvgIpc) is 3.25. The molecule has 4 nitrogen and oxygen atoms in total. The number of thiazole rings is 2. The molecular formula is C15H10ClN3OS3. The van der Waals surface area contributed by atoms with Crippen LogP contribution in [0.1, 0.15) is 0 Å². The molecule has 0 bridgehead atoms. The molecule has 1 aromatic carbocycles. The Bertz CT molecular complexity index is 975. The Morgan fingerprint density at radius 1 is 1.09 bits per heavy atom. The number of nitrogens with zero attached hydrogens (tertiary/aromatic N) is 2. The van der Waals surface area contributed by atoms with Gasteiger partial charge in [0, 0.05) is 5.38 Å². The van der Waals surface area contributed by atoms with Gasteiger partial charge in [0.15, 0.2) is 10.3 Å². The van der Waals surface area contributed by atoms with Gasteiger partial charge in [-0.1, -0.05) is 29.0 Å². The summed E-state index contributed by atoms with van der Waals surface area (Å²) < 4.78 is 7.19. The largest absolute Gasteiger partial charge is 0.494 e. The number of anilines is 2. The van der Waals surface area contributed by atoms with Crippen LogP contribution in [0, 0.1) is 0 Å². The second kappa shape index (κ2) is 6.09. The van der Waals surface area contributed by atoms with E-state index in [1.807, 2.05) is 35.7 Å². The summed E-state index contributed by atoms with van der Waals surface area (Å²) >= 11 is 10.6. The minimum absolute atomic E-state index is 0.765. The molecule has 3 heterocycles. The Balaban J connectivity index is 1.62. The highest BCUT2D eigenvalue weighted by Gasteiger charge is 2.11. The summed E-state index contributed by atoms with van der Waals surface area (Å²) in [6, 6.07) is 9.77. The Morgan fingerprint density at radius 3 is 2.78 bits per heavy atom. The van der Waals surface area contributed by atoms with Crippen LogP contribution in [0.4, 0.5) is 10.3 Å². The van der Waals surface area contributed by atoms with Gasteiger partial charge in [-0.25, -0.2) is 9.97 Å². The minimum Gasteiger partial charge on any atom is -0.494 e. The number of para-hydroxylation sites is 1. The number of hydrogen-bond acceptors (Lipinski definition) is 7. The predicted molar refractivity (Wildman–Crippen MR) is 99.9 cm³/mol. The van der Waals surface area contributed by atoms with E-state index in [0.29, 0.717) is 0 Å². The summed E-state index contributed by atoms with van der Waals surface area (Å²) in [5.74, 6) is 0.778. The third-order valence-corrected chi connectivity index (χ3v) is 6.09. The lowest BCUT2D eigenvalue weighted by Gasteiger charge is -1.98. The first-order chi connectivity index (χ1) is 11.2. The number of methoxy groups -OCH3 is 1. The molecule has 3 aromatic heterocycles. The molecule has 0 aliphatic carbocycles. The highest BCUT2D eigenvalue weighted by Crippen LogP contribution is 2.36. The van der Waals surface area contributed by atoms with Crippen LogP contribution in [0.15, 0.2) is 35.7 Å². The molecule has 4 aromatic rings. The summed E-state index contributed by atoms with van der Waals surface area (Å²) in [5, 5.41) is 6.89. The van der Waals surface area contributed by atoms with Crippen molar-refractivity contribution in [3.05, 3.63) is 40.0 Å². The molecule has 1 N–H and O–H groups in total. The molecule has 0 aliphatic rings. The molecule has 4 rings (SSSR count). The maximum Gasteiger partial charge on any atom is 0.190 e. The molecule has 116 valence electrons. The van der Waals surface area contributed by atoms with Crippen LogP contribution >= 0.6 is 45.6 Å². The van der Waals surface area contributed by atoms with E-state index in [4.69, 9.17) is 16.3 Å². The van der Waals surface area contributed by atoms with Gasteiger partial charge in [-0.05, 0) is 24.3 Å². The van der Waals surface area contributed by atoms with E-state index in [9.17, 15) is 0 Å². The zero-order chi connectivity index (χ0) is 15.8. The molecule has 0 saturated carbocycles. The second-order valence-electron chi connectivity index (χ2n) is 4.59. The molecule has 0 amide bonds. The Hall–Kier alpha value is -1.67. The lowest BCUT2D eigenvalue weighted by atomic mass is 10.3. The van der Waals surface area contributed by atoms with Crippen molar-refractivity contribution in [1.29, 1.82) is 0 Å². The van der Waals surface area contributed by atoms with Gasteiger partial charge in [0.2, 0.25) is 0 Å². The smallest absolute Gasteiger partial charge is 0.190 e. The topological polar surface area (TPSA) is 47.0 Å². The third-order valence-electron chi connectivity index (χ3n) is 3.15. The van der Waals surface area contributed by atoms with Crippen molar-refractivity contribution in [1.82, 2.24) is 9.97 Å². The van der Waals surface area contributed by atoms with Crippen LogP contribution in [-0.2, 0) is 0 Å². The number of halogens is 1. The molecule has 0 atom stereocenters. The number of hydrogen-bond donors (Lipinski definition) is 1. The minimum atomic E-state index is 0.765. The van der Waals surface area contributed by atoms with Crippen molar-refractivity contribution in [3.63, 3.8) is 0 Å². The Morgan fingerprint density at radius 2 is 2.00 bits per heavy atom. The predicted octanol–water partition coefficient (Wildman–Crippen LogP) is 5.89. The molecule has 8 heteroatoms. The van der Waals surface area contributed by atoms with E-state index in [2.05, 4.69) is 15.3 Å². The van der Waals surface area contributed by atoms with Crippen molar-refractivity contribution in [3.8, 4) is 16.3 Å². The summed E-state index contributed by atoms with van der Waals surface area (Å²) in [6.45, 7) is 0. The molecule has 0 aliphatic heterocycles. The van der Waals surface area contributed by atoms with Crippen molar-refractivity contribution >= 4 is 66.1 Å². The number of thiophene rings is 1. The molecule has 23 heavy (non-hydrogen) atoms. The molecule has 0 radical (unpaired) electrons. The van der Waals surface area contributed by atoms with Crippen molar-refractivity contribution in [2.24, 2.45) is 0 Å². The van der Waals surface area contributed by atoms with Gasteiger partial charge in [-0.2, -0.15) is 0 Å². The normalized spacial score (nSPS) is 11.0. The average molecular weight is 380 g/mol. The van der Waals surface area contributed by atoms with E-state index >= 15 is 0 Å². The number of ether oxygens (including phenoxy) is 1. The van der Waals surface area contributed by atoms with Gasteiger partial charge < -0.3 is 10.1 Å². The van der Waals surface area contributed by atoms with Crippen LogP contribution < -0.4 is 10.1 Å². The molecule has 0 unspecified atom stereocenters. The SMILES string of the molecule is COc1cccc2sc(Nc3nc(-c4ccc(Cl)s4)cs3)nc12. The van der Waals surface area contributed by atoms with Crippen LogP contribution in [0.3, 0.4) is 0 Å². The van der Waals surface area contributed by atoms with E-state index in [0.717, 1.165) is 41.1 Å². The summed E-state index contributed by atoms with van der Waals surface area (Å²) in [7, 11) is 1.65. The molecular weight excluding hydrogens is 370 g/mol. The fraction of sp³-hybridized carbons (Fsp3) is 0.0667. The zero-order valence-electron chi connectivity index (χ0n) is 11.9. The van der Waals surface area contributed by atoms with Crippen LogP contribution in [0.5, 0.6) is 5.75 Å². The fourth-order valence-electron chi connectivity index (χ4n) is 2.13. The van der Waals surface area contributed by atoms with Gasteiger partial charge in [0.25, 0.3) is 0 Å². The van der Waals surface area contributed by atoms with E-state index in [1.165, 1.54) is 11.3 Å². The van der Waals surface area contributed by atoms with Crippen molar-refractivity contribution < 1.29 is 4.74 Å². The summed E-state index contributed by atoms with van der Waals surface area (Å²) in [4.78, 5) is 10.3. The lowest BCUT2D eigenvalue weighted by molar-refractivity contribution is 0.419. The maximum atomic E-state index is 5.98. The Labute approximate surface area is 149 Å². The highest BCUT2D eigenvalue weighted by molar-refractivity contribution is 7.23. The van der Waals surface area contributed by atoms with Gasteiger partial charge >= 0.3 is 0 Å². The van der Waals surface area contributed by atoms with E-state index in [-0.39, 0.29) is 0 Å². The van der Waals surface area contributed by atoms with Crippen molar-refractivity contribution in [2.45, 2.75) is 0 Å². The number of nitrogens with one attached hydrogen (secondary N) is 1. The van der Waals surface area contributed by atoms with Crippen LogP contribution in [0.2, 0.25) is 4.34 Å². The number of fused-ring (bicyclic) bond motifs is 1. The lowest BCUT2D eigenvalue weighted by Crippen LogP contribution is -1.88. The van der Waals surface area contributed by atoms with E-state index < -0.39 is 0 Å². The highest BCUT2D eigenvalue weighted by atomic mass is 35.5. The molecule has 0 fully saturated rings. The van der Waals surface area contributed by atoms with Crippen molar-refractivity contribution in [2.75, 3.05) is 12.4 Å². The summed E-state index contributed by atoms with van der Waals surface area (Å²) in [6.07, 6.45) is 0. The van der Waals surface area contributed by atoms with Crippen LogP contribution in [-0.4, -0.2) is 17.1 Å². The van der Waals surface area contributed by atoms with Crippen LogP contribution in [0.25, 0.3) is 20.8 Å². The molecule has 0 spiro atoms. The first kappa shape index (κ1) is 14.9. The Kier molecular flexibility index (Phi) is 3.94. The number of aromatic nitrogens is 2. The van der Waals surface area contributed by atoms with Gasteiger partial charge in [0.1, 0.15) is 11.3 Å². The third kappa shape index (κ3) is 2.92. The summed E-state index contributed by atoms with van der Waals surface area (Å²) in [5.41, 5.74) is 1.79. The zero-order valence-corrected chi connectivity index (χ0v) is 15.1. The number of benzene rings is 1. The fourth-order valence-corrected chi connectivity index (χ4v) is 4.86. The first-order valence-corrected chi connectivity index (χ1v) is 9.54. The van der Waals surface area contributed by atoms with Gasteiger partial charge in [0.05, 0.1) is 26.7 Å². The second-order valence-corrected chi connectivity index (χ2v) is 8.20. The standard InChI is InChI=1S/C15H10ClN3OS3/c1-20-9-3-2-4-11-13(9)18-15(23-11)19-14-17-8(7-21-14)10-5-6-12(16)22-10/h2-7H,1H3,(H,17,18,19). The first-order valence-electron chi connectivity index (χ1n) is 6.65. The number of rotatable bonds is 4. The van der Waals surface area contributed by atoms with Gasteiger partial charge in [-0.15, -0.1) is 22.7 Å². The maximum absolute atomic E-state index is 5.98. The molecule has 0 saturated heterocycles. The van der Waals surface area contributed by atoms with E-state index in [1.54, 1.807) is 29.8 Å². The quantitative estimate of drug-likeness (QED) is 0.480.